The molecule has 0 spiro atoms. The number of amides is 1. The van der Waals surface area contributed by atoms with E-state index in [0.717, 1.165) is 12.1 Å². The average Bonchev–Trinajstić information content (AvgIpc) is 3.04. The first-order chi connectivity index (χ1) is 22.3. The lowest BCUT2D eigenvalue weighted by Gasteiger charge is -2.39. The number of morpholine rings is 1. The van der Waals surface area contributed by atoms with E-state index >= 15 is 0 Å². The van der Waals surface area contributed by atoms with E-state index in [2.05, 4.69) is 15.6 Å². The van der Waals surface area contributed by atoms with E-state index < -0.39 is 35.6 Å². The highest BCUT2D eigenvalue weighted by Crippen LogP contribution is 2.41. The van der Waals surface area contributed by atoms with Gasteiger partial charge in [0.15, 0.2) is 0 Å². The number of nitrogens with zero attached hydrogens (tertiary/aromatic N) is 4. The number of aromatic nitrogens is 2. The highest BCUT2D eigenvalue weighted by Gasteiger charge is 2.39. The summed E-state index contributed by atoms with van der Waals surface area (Å²) in [5.74, 6) is 0.814. The van der Waals surface area contributed by atoms with E-state index in [0.29, 0.717) is 67.6 Å². The Balaban J connectivity index is 1.59. The second kappa shape index (κ2) is 13.8. The average molecular weight is 667 g/mol. The molecular formula is C32H36F6N6O3. The van der Waals surface area contributed by atoms with Crippen LogP contribution >= 0.6 is 0 Å². The number of benzene rings is 1. The second-order valence-corrected chi connectivity index (χ2v) is 11.3. The molecule has 0 radical (unpaired) electrons. The third-order valence-electron chi connectivity index (χ3n) is 8.24. The molecular weight excluding hydrogens is 630 g/mol. The lowest BCUT2D eigenvalue weighted by atomic mass is 9.93. The zero-order valence-electron chi connectivity index (χ0n) is 26.1. The highest BCUT2D eigenvalue weighted by molar-refractivity contribution is 5.90. The van der Waals surface area contributed by atoms with Gasteiger partial charge in [-0.3, -0.25) is 4.90 Å². The van der Waals surface area contributed by atoms with Crippen LogP contribution in [0.4, 0.5) is 54.1 Å². The molecule has 5 rings (SSSR count). The Morgan fingerprint density at radius 2 is 1.70 bits per heavy atom. The summed E-state index contributed by atoms with van der Waals surface area (Å²) in [5.41, 5.74) is -0.844. The SMILES string of the molecule is CCOC(=O)N1c2ccc(NC)nc2[C@@H](Nc2ncc(N3CCOCC3)cc2Cc2cc(C(F)(F)F)cc(C(F)(F)F)c2)C[C@H]1CC. The molecule has 15 heteroatoms. The topological polar surface area (TPSA) is 91.8 Å². The zero-order chi connectivity index (χ0) is 33.9. The summed E-state index contributed by atoms with van der Waals surface area (Å²) in [5, 5.41) is 6.37. The molecule has 2 aliphatic heterocycles. The Kier molecular flexibility index (Phi) is 10.0. The third kappa shape index (κ3) is 7.66. The van der Waals surface area contributed by atoms with Crippen LogP contribution in [0.1, 0.15) is 60.7 Å². The number of ether oxygens (including phenoxy) is 2. The van der Waals surface area contributed by atoms with Gasteiger partial charge < -0.3 is 25.0 Å². The number of fused-ring (bicyclic) bond motifs is 1. The molecule has 2 aliphatic rings. The number of rotatable bonds is 8. The molecule has 0 aliphatic carbocycles. The largest absolute Gasteiger partial charge is 0.449 e. The summed E-state index contributed by atoms with van der Waals surface area (Å²) >= 11 is 0. The fraction of sp³-hybridized carbons (Fsp3) is 0.469. The Morgan fingerprint density at radius 3 is 2.30 bits per heavy atom. The van der Waals surface area contributed by atoms with E-state index in [1.165, 1.54) is 0 Å². The van der Waals surface area contributed by atoms with E-state index in [9.17, 15) is 31.1 Å². The predicted molar refractivity (Wildman–Crippen MR) is 165 cm³/mol. The van der Waals surface area contributed by atoms with Crippen LogP contribution in [0.3, 0.4) is 0 Å². The lowest BCUT2D eigenvalue weighted by molar-refractivity contribution is -0.143. The fourth-order valence-corrected chi connectivity index (χ4v) is 5.93. The molecule has 2 aromatic heterocycles. The summed E-state index contributed by atoms with van der Waals surface area (Å²) in [6.45, 7) is 5.85. The van der Waals surface area contributed by atoms with Crippen molar-refractivity contribution in [3.05, 3.63) is 70.5 Å². The zero-order valence-corrected chi connectivity index (χ0v) is 26.1. The van der Waals surface area contributed by atoms with Crippen molar-refractivity contribution >= 4 is 29.1 Å². The van der Waals surface area contributed by atoms with Crippen LogP contribution in [-0.2, 0) is 28.2 Å². The molecule has 1 fully saturated rings. The standard InChI is InChI=1S/C32H36F6N6O3/c1-4-23-17-25(28-26(6-7-27(39-3)42-28)44(23)30(45)47-5-2)41-29-20(15-24(18-40-29)43-8-10-46-11-9-43)12-19-13-21(31(33,34)35)16-22(14-19)32(36,37)38/h6-7,13-16,18,23,25H,4-5,8-12,17H2,1-3H3,(H,39,42)(H,40,41)/t23-,25+/m1/s1. The second-order valence-electron chi connectivity index (χ2n) is 11.3. The Labute approximate surface area is 268 Å². The lowest BCUT2D eigenvalue weighted by Crippen LogP contribution is -2.46. The molecule has 2 atom stereocenters. The molecule has 1 amide bonds. The predicted octanol–water partition coefficient (Wildman–Crippen LogP) is 7.28. The number of carbonyl (C=O) groups excluding carboxylic acids is 1. The van der Waals surface area contributed by atoms with E-state index in [1.54, 1.807) is 43.3 Å². The first-order valence-corrected chi connectivity index (χ1v) is 15.3. The van der Waals surface area contributed by atoms with Crippen LogP contribution in [0.5, 0.6) is 0 Å². The molecule has 47 heavy (non-hydrogen) atoms. The molecule has 254 valence electrons. The van der Waals surface area contributed by atoms with Crippen molar-refractivity contribution in [3.63, 3.8) is 0 Å². The van der Waals surface area contributed by atoms with Gasteiger partial charge in [-0.25, -0.2) is 14.8 Å². The minimum absolute atomic E-state index is 0.120. The maximum absolute atomic E-state index is 13.7. The molecule has 0 saturated carbocycles. The molecule has 1 aromatic carbocycles. The van der Waals surface area contributed by atoms with Crippen molar-refractivity contribution in [2.24, 2.45) is 0 Å². The van der Waals surface area contributed by atoms with Crippen LogP contribution in [0.15, 0.2) is 42.6 Å². The smallest absolute Gasteiger partial charge is 0.416 e. The summed E-state index contributed by atoms with van der Waals surface area (Å²) in [7, 11) is 1.70. The van der Waals surface area contributed by atoms with Crippen LogP contribution in [-0.4, -0.2) is 62.1 Å². The van der Waals surface area contributed by atoms with Gasteiger partial charge in [0.1, 0.15) is 11.6 Å². The van der Waals surface area contributed by atoms with Crippen LogP contribution in [0.2, 0.25) is 0 Å². The summed E-state index contributed by atoms with van der Waals surface area (Å²) in [4.78, 5) is 26.0. The van der Waals surface area contributed by atoms with Gasteiger partial charge >= 0.3 is 18.4 Å². The first-order valence-electron chi connectivity index (χ1n) is 15.3. The van der Waals surface area contributed by atoms with Crippen LogP contribution in [0.25, 0.3) is 0 Å². The van der Waals surface area contributed by atoms with Crippen LogP contribution < -0.4 is 20.4 Å². The van der Waals surface area contributed by atoms with Gasteiger partial charge in [-0.1, -0.05) is 6.92 Å². The van der Waals surface area contributed by atoms with Gasteiger partial charge in [-0.05, 0) is 61.7 Å². The van der Waals surface area contributed by atoms with Crippen molar-refractivity contribution in [1.29, 1.82) is 0 Å². The quantitative estimate of drug-likeness (QED) is 0.243. The van der Waals surface area contributed by atoms with Crippen molar-refractivity contribution in [2.45, 2.75) is 57.5 Å². The molecule has 3 aromatic rings. The van der Waals surface area contributed by atoms with E-state index in [4.69, 9.17) is 14.5 Å². The molecule has 9 nitrogen and oxygen atoms in total. The minimum atomic E-state index is -4.98. The number of hydrogen-bond donors (Lipinski definition) is 2. The van der Waals surface area contributed by atoms with Crippen molar-refractivity contribution in [2.75, 3.05) is 60.4 Å². The number of anilines is 4. The Morgan fingerprint density at radius 1 is 1.02 bits per heavy atom. The number of nitrogens with one attached hydrogen (secondary N) is 2. The monoisotopic (exact) mass is 666 g/mol. The molecule has 1 saturated heterocycles. The summed E-state index contributed by atoms with van der Waals surface area (Å²) in [6.07, 6.45) is -8.16. The molecule has 2 N–H and O–H groups in total. The van der Waals surface area contributed by atoms with E-state index in [-0.39, 0.29) is 36.5 Å². The van der Waals surface area contributed by atoms with Crippen molar-refractivity contribution < 1.29 is 40.6 Å². The number of hydrogen-bond acceptors (Lipinski definition) is 8. The Bertz CT molecular complexity index is 1550. The first kappa shape index (κ1) is 34.1. The van der Waals surface area contributed by atoms with Gasteiger partial charge in [0, 0.05) is 38.2 Å². The number of carbonyl (C=O) groups is 1. The Hall–Kier alpha value is -4.27. The van der Waals surface area contributed by atoms with Gasteiger partial charge in [-0.2, -0.15) is 26.3 Å². The molecule has 0 bridgehead atoms. The van der Waals surface area contributed by atoms with Crippen LogP contribution in [0, 0.1) is 0 Å². The van der Waals surface area contributed by atoms with Gasteiger partial charge in [0.05, 0.1) is 60.3 Å². The third-order valence-corrected chi connectivity index (χ3v) is 8.24. The summed E-state index contributed by atoms with van der Waals surface area (Å²) < 4.78 is 93.1. The maximum Gasteiger partial charge on any atom is 0.416 e. The van der Waals surface area contributed by atoms with Crippen molar-refractivity contribution in [1.82, 2.24) is 9.97 Å². The van der Waals surface area contributed by atoms with Gasteiger partial charge in [0.2, 0.25) is 0 Å². The van der Waals surface area contributed by atoms with Gasteiger partial charge in [-0.15, -0.1) is 0 Å². The molecule has 4 heterocycles. The fourth-order valence-electron chi connectivity index (χ4n) is 5.93. The number of halogens is 6. The highest BCUT2D eigenvalue weighted by atomic mass is 19.4. The number of alkyl halides is 6. The molecule has 0 unspecified atom stereocenters. The maximum atomic E-state index is 13.7. The summed E-state index contributed by atoms with van der Waals surface area (Å²) in [6, 6.07) is 6.01. The normalized spacial score (nSPS) is 18.5. The van der Waals surface area contributed by atoms with Gasteiger partial charge in [0.25, 0.3) is 0 Å². The minimum Gasteiger partial charge on any atom is -0.449 e. The van der Waals surface area contributed by atoms with Crippen molar-refractivity contribution in [3.8, 4) is 0 Å². The number of pyridine rings is 2. The van der Waals surface area contributed by atoms with E-state index in [1.807, 2.05) is 11.8 Å².